The molecule has 0 bridgehead atoms. The van der Waals surface area contributed by atoms with Crippen molar-refractivity contribution in [3.63, 3.8) is 0 Å². The molecule has 0 heterocycles. The average molecular weight is 406 g/mol. The number of amides is 1. The van der Waals surface area contributed by atoms with E-state index in [4.69, 9.17) is 0 Å². The van der Waals surface area contributed by atoms with E-state index in [1.165, 1.54) is 24.8 Å². The molecule has 2 aliphatic rings. The molecule has 30 heavy (non-hydrogen) atoms. The highest BCUT2D eigenvalue weighted by Gasteiger charge is 2.53. The van der Waals surface area contributed by atoms with E-state index in [9.17, 15) is 4.79 Å². The van der Waals surface area contributed by atoms with Crippen molar-refractivity contribution in [3.8, 4) is 0 Å². The highest BCUT2D eigenvalue weighted by molar-refractivity contribution is 5.94. The Bertz CT molecular complexity index is 831. The van der Waals surface area contributed by atoms with Crippen molar-refractivity contribution in [2.45, 2.75) is 72.8 Å². The van der Waals surface area contributed by atoms with E-state index >= 15 is 0 Å². The van der Waals surface area contributed by atoms with Crippen LogP contribution in [0, 0.1) is 22.7 Å². The van der Waals surface area contributed by atoms with Crippen molar-refractivity contribution in [1.29, 1.82) is 0 Å². The van der Waals surface area contributed by atoms with Gasteiger partial charge in [-0.1, -0.05) is 87.9 Å². The van der Waals surface area contributed by atoms with Crippen LogP contribution in [0.25, 0.3) is 0 Å². The number of nitrogens with one attached hydrogen (secondary N) is 1. The van der Waals surface area contributed by atoms with Gasteiger partial charge in [0.05, 0.1) is 6.04 Å². The van der Waals surface area contributed by atoms with Gasteiger partial charge in [-0.05, 0) is 67.8 Å². The van der Waals surface area contributed by atoms with Crippen LogP contribution in [0.4, 0.5) is 0 Å². The maximum Gasteiger partial charge on any atom is 0.247 e. The molecule has 0 radical (unpaired) electrons. The molecule has 4 atom stereocenters. The summed E-state index contributed by atoms with van der Waals surface area (Å²) in [7, 11) is 0. The van der Waals surface area contributed by atoms with Gasteiger partial charge in [-0.2, -0.15) is 0 Å². The largest absolute Gasteiger partial charge is 0.346 e. The maximum atomic E-state index is 13.5. The molecule has 0 spiro atoms. The smallest absolute Gasteiger partial charge is 0.247 e. The number of carbonyl (C=O) groups excluding carboxylic acids is 1. The van der Waals surface area contributed by atoms with E-state index in [0.29, 0.717) is 11.3 Å². The molecule has 2 nitrogen and oxygen atoms in total. The van der Waals surface area contributed by atoms with Crippen LogP contribution in [-0.2, 0) is 4.79 Å². The molecule has 1 aromatic rings. The van der Waals surface area contributed by atoms with E-state index in [2.05, 4.69) is 70.8 Å². The minimum atomic E-state index is -0.000898. The zero-order valence-corrected chi connectivity index (χ0v) is 19.5. The molecule has 1 aromatic carbocycles. The Hall–Kier alpha value is -2.09. The van der Waals surface area contributed by atoms with Crippen molar-refractivity contribution in [3.05, 3.63) is 71.8 Å². The summed E-state index contributed by atoms with van der Waals surface area (Å²) in [6, 6.07) is 10.2. The summed E-state index contributed by atoms with van der Waals surface area (Å²) in [5.41, 5.74) is 3.79. The predicted molar refractivity (Wildman–Crippen MR) is 127 cm³/mol. The Morgan fingerprint density at radius 2 is 1.93 bits per heavy atom. The molecule has 0 unspecified atom stereocenters. The third-order valence-corrected chi connectivity index (χ3v) is 7.93. The van der Waals surface area contributed by atoms with Crippen LogP contribution in [0.15, 0.2) is 66.3 Å². The predicted octanol–water partition coefficient (Wildman–Crippen LogP) is 7.17. The minimum Gasteiger partial charge on any atom is -0.346 e. The van der Waals surface area contributed by atoms with Crippen LogP contribution in [0.3, 0.4) is 0 Å². The molecular formula is C28H39NO. The Morgan fingerprint density at radius 3 is 2.60 bits per heavy atom. The van der Waals surface area contributed by atoms with Gasteiger partial charge in [0.15, 0.2) is 0 Å². The van der Waals surface area contributed by atoms with Gasteiger partial charge >= 0.3 is 0 Å². The molecule has 0 aliphatic heterocycles. The molecule has 1 fully saturated rings. The number of rotatable bonds is 6. The van der Waals surface area contributed by atoms with Crippen LogP contribution in [-0.4, -0.2) is 5.91 Å². The zero-order chi connectivity index (χ0) is 21.9. The van der Waals surface area contributed by atoms with Crippen LogP contribution in [0.1, 0.15) is 78.3 Å². The summed E-state index contributed by atoms with van der Waals surface area (Å²) in [6.45, 7) is 15.4. The standard InChI is InChI=1S/C28H39NO/c1-7-20(2)14-16-24-23(26(30)29-21(3)22-12-9-8-10-13-22)15-17-25-27(4,5)18-11-19-28(24,25)6/h7-10,12-15,21,24-25H,1,11,16-19H2,2-6H3,(H,29,30)/t21-,24-,25-,28-/m0/s1. The average Bonchev–Trinajstić information content (AvgIpc) is 2.71. The maximum absolute atomic E-state index is 13.5. The SMILES string of the molecule is C=CC(C)=CC[C@H]1C(C(=O)N[C@@H](C)c2ccccc2)=CC[C@H]2C(C)(C)CCC[C@@]12C. The highest BCUT2D eigenvalue weighted by atomic mass is 16.1. The monoisotopic (exact) mass is 405 g/mol. The Morgan fingerprint density at radius 1 is 1.23 bits per heavy atom. The molecular weight excluding hydrogens is 366 g/mol. The van der Waals surface area contributed by atoms with E-state index in [1.807, 2.05) is 24.3 Å². The van der Waals surface area contributed by atoms with Gasteiger partial charge in [0.1, 0.15) is 0 Å². The van der Waals surface area contributed by atoms with Crippen molar-refractivity contribution in [2.24, 2.45) is 22.7 Å². The second-order valence-electron chi connectivity index (χ2n) is 10.3. The normalized spacial score (nSPS) is 29.4. The summed E-state index contributed by atoms with van der Waals surface area (Å²) >= 11 is 0. The van der Waals surface area contributed by atoms with Gasteiger partial charge in [-0.15, -0.1) is 0 Å². The summed E-state index contributed by atoms with van der Waals surface area (Å²) in [5.74, 6) is 0.960. The number of hydrogen-bond donors (Lipinski definition) is 1. The van der Waals surface area contributed by atoms with Crippen molar-refractivity contribution in [2.75, 3.05) is 0 Å². The first-order valence-corrected chi connectivity index (χ1v) is 11.5. The summed E-state index contributed by atoms with van der Waals surface area (Å²) < 4.78 is 0. The van der Waals surface area contributed by atoms with Gasteiger partial charge in [0.25, 0.3) is 0 Å². The fourth-order valence-corrected chi connectivity index (χ4v) is 6.05. The molecule has 1 amide bonds. The number of carbonyl (C=O) groups is 1. The number of allylic oxidation sites excluding steroid dienone is 4. The van der Waals surface area contributed by atoms with E-state index in [-0.39, 0.29) is 23.3 Å². The fraction of sp³-hybridized carbons (Fsp3) is 0.536. The van der Waals surface area contributed by atoms with Crippen LogP contribution < -0.4 is 5.32 Å². The highest BCUT2D eigenvalue weighted by Crippen LogP contribution is 2.60. The summed E-state index contributed by atoms with van der Waals surface area (Å²) in [5, 5.41) is 3.28. The van der Waals surface area contributed by atoms with Gasteiger partial charge in [0, 0.05) is 5.57 Å². The quantitative estimate of drug-likeness (QED) is 0.500. The van der Waals surface area contributed by atoms with E-state index in [0.717, 1.165) is 24.0 Å². The number of hydrogen-bond acceptors (Lipinski definition) is 1. The molecule has 162 valence electrons. The lowest BCUT2D eigenvalue weighted by Crippen LogP contribution is -2.50. The van der Waals surface area contributed by atoms with Crippen LogP contribution in [0.2, 0.25) is 0 Å². The molecule has 0 saturated heterocycles. The Balaban J connectivity index is 1.91. The molecule has 2 aliphatic carbocycles. The second kappa shape index (κ2) is 8.96. The molecule has 1 N–H and O–H groups in total. The van der Waals surface area contributed by atoms with Crippen LogP contribution >= 0.6 is 0 Å². The third-order valence-electron chi connectivity index (χ3n) is 7.93. The first-order valence-electron chi connectivity index (χ1n) is 11.5. The lowest BCUT2D eigenvalue weighted by atomic mass is 9.48. The Kier molecular flexibility index (Phi) is 6.75. The molecule has 1 saturated carbocycles. The number of benzene rings is 1. The van der Waals surface area contributed by atoms with Gasteiger partial charge < -0.3 is 5.32 Å². The molecule has 0 aromatic heterocycles. The topological polar surface area (TPSA) is 29.1 Å². The van der Waals surface area contributed by atoms with E-state index < -0.39 is 0 Å². The van der Waals surface area contributed by atoms with Gasteiger partial charge in [0.2, 0.25) is 5.91 Å². The number of fused-ring (bicyclic) bond motifs is 1. The first kappa shape index (κ1) is 22.6. The zero-order valence-electron chi connectivity index (χ0n) is 19.5. The third kappa shape index (κ3) is 4.48. The lowest BCUT2D eigenvalue weighted by molar-refractivity contribution is -0.121. The van der Waals surface area contributed by atoms with E-state index in [1.54, 1.807) is 0 Å². The summed E-state index contributed by atoms with van der Waals surface area (Å²) in [4.78, 5) is 13.5. The molecule has 2 heteroatoms. The minimum absolute atomic E-state index is 0.000898. The molecule has 3 rings (SSSR count). The Labute approximate surface area is 183 Å². The second-order valence-corrected chi connectivity index (χ2v) is 10.3. The van der Waals surface area contributed by atoms with Crippen molar-refractivity contribution >= 4 is 5.91 Å². The van der Waals surface area contributed by atoms with Crippen molar-refractivity contribution < 1.29 is 4.79 Å². The lowest BCUT2D eigenvalue weighted by Gasteiger charge is -2.56. The van der Waals surface area contributed by atoms with Crippen molar-refractivity contribution in [1.82, 2.24) is 5.32 Å². The summed E-state index contributed by atoms with van der Waals surface area (Å²) in [6.07, 6.45) is 12.1. The first-order chi connectivity index (χ1) is 14.2. The fourth-order valence-electron chi connectivity index (χ4n) is 6.05. The van der Waals surface area contributed by atoms with Gasteiger partial charge in [-0.3, -0.25) is 4.79 Å². The van der Waals surface area contributed by atoms with Crippen LogP contribution in [0.5, 0.6) is 0 Å². The van der Waals surface area contributed by atoms with Gasteiger partial charge in [-0.25, -0.2) is 0 Å².